The van der Waals surface area contributed by atoms with Crippen LogP contribution in [0.5, 0.6) is 0 Å². The number of carbonyl (C=O) groups excluding carboxylic acids is 1. The van der Waals surface area contributed by atoms with E-state index < -0.39 is 5.43 Å². The molecule has 3 heteroatoms. The Morgan fingerprint density at radius 3 is 1.88 bits per heavy atom. The molecule has 2 unspecified atom stereocenters. The number of carbonyl (C=O) groups is 1. The lowest BCUT2D eigenvalue weighted by atomic mass is 9.91. The third kappa shape index (κ3) is 9.02. The first-order chi connectivity index (χ1) is 7.31. The molecule has 0 N–H and O–H groups in total. The van der Waals surface area contributed by atoms with Gasteiger partial charge in [0.05, 0.1) is 0 Å². The molecule has 0 rings (SSSR count). The molecule has 0 saturated heterocycles. The maximum absolute atomic E-state index is 10.8. The summed E-state index contributed by atoms with van der Waals surface area (Å²) < 4.78 is 5.14. The van der Waals surface area contributed by atoms with Crippen molar-refractivity contribution in [3.63, 3.8) is 0 Å². The lowest BCUT2D eigenvalue weighted by molar-refractivity contribution is 0.0881. The largest absolute Gasteiger partial charge is 0.450 e. The van der Waals surface area contributed by atoms with Crippen LogP contribution >= 0.6 is 11.6 Å². The van der Waals surface area contributed by atoms with Gasteiger partial charge in [0.15, 0.2) is 0 Å². The van der Waals surface area contributed by atoms with Crippen LogP contribution in [0.15, 0.2) is 0 Å². The summed E-state index contributed by atoms with van der Waals surface area (Å²) in [6.07, 6.45) is 2.93. The monoisotopic (exact) mass is 248 g/mol. The lowest BCUT2D eigenvalue weighted by Gasteiger charge is -2.22. The van der Waals surface area contributed by atoms with Gasteiger partial charge in [0.1, 0.15) is 6.10 Å². The molecule has 0 radical (unpaired) electrons. The fourth-order valence-electron chi connectivity index (χ4n) is 2.20. The van der Waals surface area contributed by atoms with Crippen LogP contribution < -0.4 is 0 Å². The van der Waals surface area contributed by atoms with Gasteiger partial charge in [-0.25, -0.2) is 4.79 Å². The Hall–Kier alpha value is -0.240. The first kappa shape index (κ1) is 15.8. The second kappa shape index (κ2) is 7.94. The van der Waals surface area contributed by atoms with E-state index in [2.05, 4.69) is 34.6 Å². The highest BCUT2D eigenvalue weighted by Gasteiger charge is 2.18. The number of rotatable bonds is 7. The third-order valence-corrected chi connectivity index (χ3v) is 2.62. The summed E-state index contributed by atoms with van der Waals surface area (Å²) in [4.78, 5) is 10.8. The summed E-state index contributed by atoms with van der Waals surface area (Å²) in [6, 6.07) is 0. The van der Waals surface area contributed by atoms with Crippen LogP contribution in [-0.4, -0.2) is 11.5 Å². The smallest absolute Gasteiger partial charge is 0.404 e. The zero-order chi connectivity index (χ0) is 12.7. The van der Waals surface area contributed by atoms with E-state index in [-0.39, 0.29) is 6.10 Å². The fourth-order valence-corrected chi connectivity index (χ4v) is 2.33. The molecule has 0 heterocycles. The molecule has 2 atom stereocenters. The van der Waals surface area contributed by atoms with E-state index in [4.69, 9.17) is 16.3 Å². The summed E-state index contributed by atoms with van der Waals surface area (Å²) >= 11 is 5.28. The second-order valence-corrected chi connectivity index (χ2v) is 5.89. The highest BCUT2D eigenvalue weighted by molar-refractivity contribution is 6.61. The molecule has 0 aromatic rings. The highest BCUT2D eigenvalue weighted by atomic mass is 35.5. The predicted molar refractivity (Wildman–Crippen MR) is 68.8 cm³/mol. The highest BCUT2D eigenvalue weighted by Crippen LogP contribution is 2.22. The molecule has 16 heavy (non-hydrogen) atoms. The number of hydrogen-bond acceptors (Lipinski definition) is 2. The normalized spacial score (nSPS) is 15.2. The minimum atomic E-state index is -0.678. The van der Waals surface area contributed by atoms with Crippen molar-refractivity contribution >= 4 is 17.0 Å². The Labute approximate surface area is 105 Å². The van der Waals surface area contributed by atoms with Crippen molar-refractivity contribution in [1.29, 1.82) is 0 Å². The Bertz CT molecular complexity index is 202. The molecular formula is C13H25ClO2. The van der Waals surface area contributed by atoms with E-state index in [1.165, 1.54) is 0 Å². The Kier molecular flexibility index (Phi) is 7.82. The molecule has 0 saturated carbocycles. The van der Waals surface area contributed by atoms with E-state index in [1.807, 2.05) is 0 Å². The molecule has 0 bridgehead atoms. The van der Waals surface area contributed by atoms with E-state index in [0.717, 1.165) is 19.3 Å². The summed E-state index contributed by atoms with van der Waals surface area (Å²) in [5, 5.41) is 0. The zero-order valence-electron chi connectivity index (χ0n) is 11.1. The van der Waals surface area contributed by atoms with Crippen molar-refractivity contribution in [2.24, 2.45) is 17.8 Å². The van der Waals surface area contributed by atoms with Crippen molar-refractivity contribution in [1.82, 2.24) is 0 Å². The Balaban J connectivity index is 4.13. The average molecular weight is 249 g/mol. The molecule has 0 aromatic heterocycles. The Morgan fingerprint density at radius 1 is 1.00 bits per heavy atom. The minimum absolute atomic E-state index is 0.0289. The number of halogens is 1. The molecule has 0 aliphatic carbocycles. The van der Waals surface area contributed by atoms with Gasteiger partial charge >= 0.3 is 5.43 Å². The van der Waals surface area contributed by atoms with Gasteiger partial charge in [0, 0.05) is 11.6 Å². The van der Waals surface area contributed by atoms with Gasteiger partial charge in [-0.2, -0.15) is 0 Å². The van der Waals surface area contributed by atoms with Crippen molar-refractivity contribution in [2.75, 3.05) is 0 Å². The Morgan fingerprint density at radius 2 is 1.50 bits per heavy atom. The summed E-state index contributed by atoms with van der Waals surface area (Å²) in [5.41, 5.74) is -0.678. The number of hydrogen-bond donors (Lipinski definition) is 0. The van der Waals surface area contributed by atoms with E-state index in [1.54, 1.807) is 0 Å². The second-order valence-electron chi connectivity index (χ2n) is 5.58. The molecule has 2 nitrogen and oxygen atoms in total. The van der Waals surface area contributed by atoms with Crippen LogP contribution in [0.1, 0.15) is 53.9 Å². The average Bonchev–Trinajstić information content (AvgIpc) is 1.97. The summed E-state index contributed by atoms with van der Waals surface area (Å²) in [5.74, 6) is 1.77. The molecule has 96 valence electrons. The number of ether oxygens (including phenoxy) is 1. The van der Waals surface area contributed by atoms with Crippen molar-refractivity contribution in [2.45, 2.75) is 60.0 Å². The molecule has 0 spiro atoms. The predicted octanol–water partition coefficient (Wildman–Crippen LogP) is 4.85. The van der Waals surface area contributed by atoms with Crippen LogP contribution in [0.25, 0.3) is 0 Å². The van der Waals surface area contributed by atoms with Gasteiger partial charge in [-0.1, -0.05) is 34.6 Å². The van der Waals surface area contributed by atoms with Crippen LogP contribution in [0.4, 0.5) is 4.79 Å². The first-order valence-electron chi connectivity index (χ1n) is 6.17. The SMILES string of the molecule is CC(C)CC(C)CC(CC(C)C)OC(=O)Cl. The maximum Gasteiger partial charge on any atom is 0.404 e. The van der Waals surface area contributed by atoms with Gasteiger partial charge in [-0.05, 0) is 37.0 Å². The molecule has 0 aliphatic rings. The third-order valence-electron chi connectivity index (χ3n) is 2.53. The van der Waals surface area contributed by atoms with Crippen molar-refractivity contribution in [3.8, 4) is 0 Å². The molecule has 0 amide bonds. The molecule has 0 fully saturated rings. The van der Waals surface area contributed by atoms with Gasteiger partial charge < -0.3 is 4.74 Å². The van der Waals surface area contributed by atoms with Gasteiger partial charge in [0.2, 0.25) is 0 Å². The fraction of sp³-hybridized carbons (Fsp3) is 0.923. The van der Waals surface area contributed by atoms with E-state index in [0.29, 0.717) is 17.8 Å². The van der Waals surface area contributed by atoms with Crippen LogP contribution in [0.2, 0.25) is 0 Å². The van der Waals surface area contributed by atoms with Crippen LogP contribution in [-0.2, 0) is 4.74 Å². The van der Waals surface area contributed by atoms with Gasteiger partial charge in [-0.15, -0.1) is 0 Å². The van der Waals surface area contributed by atoms with Gasteiger partial charge in [-0.3, -0.25) is 0 Å². The summed E-state index contributed by atoms with van der Waals surface area (Å²) in [7, 11) is 0. The lowest BCUT2D eigenvalue weighted by Crippen LogP contribution is -2.20. The zero-order valence-corrected chi connectivity index (χ0v) is 11.9. The first-order valence-corrected chi connectivity index (χ1v) is 6.55. The standard InChI is InChI=1S/C13H25ClO2/c1-9(2)6-11(5)8-12(7-10(3)4)16-13(14)15/h9-12H,6-8H2,1-5H3. The van der Waals surface area contributed by atoms with Gasteiger partial charge in [0.25, 0.3) is 0 Å². The van der Waals surface area contributed by atoms with Crippen LogP contribution in [0, 0.1) is 17.8 Å². The van der Waals surface area contributed by atoms with Crippen molar-refractivity contribution in [3.05, 3.63) is 0 Å². The van der Waals surface area contributed by atoms with Crippen molar-refractivity contribution < 1.29 is 9.53 Å². The molecule has 0 aromatic carbocycles. The quantitative estimate of drug-likeness (QED) is 0.602. The molecular weight excluding hydrogens is 224 g/mol. The molecule has 0 aliphatic heterocycles. The maximum atomic E-state index is 10.8. The van der Waals surface area contributed by atoms with Crippen LogP contribution in [0.3, 0.4) is 0 Å². The minimum Gasteiger partial charge on any atom is -0.450 e. The summed E-state index contributed by atoms with van der Waals surface area (Å²) in [6.45, 7) is 10.9. The van der Waals surface area contributed by atoms with E-state index >= 15 is 0 Å². The van der Waals surface area contributed by atoms with E-state index in [9.17, 15) is 4.79 Å². The topological polar surface area (TPSA) is 26.3 Å².